The van der Waals surface area contributed by atoms with Gasteiger partial charge in [-0.25, -0.2) is 0 Å². The van der Waals surface area contributed by atoms with Crippen molar-refractivity contribution in [3.05, 3.63) is 0 Å². The molecule has 2 fully saturated rings. The number of hydrogen-bond acceptors (Lipinski definition) is 6. The molecule has 5 atom stereocenters. The number of fused-ring (bicyclic) bond motifs is 1. The molecule has 0 spiro atoms. The quantitative estimate of drug-likeness (QED) is 0.527. The fraction of sp³-hybridized carbons (Fsp3) is 1.00. The van der Waals surface area contributed by atoms with Crippen LogP contribution in [0.1, 0.15) is 12.8 Å². The van der Waals surface area contributed by atoms with Crippen molar-refractivity contribution < 1.29 is 28.8 Å². The third-order valence-corrected chi connectivity index (χ3v) is 3.69. The number of ether oxygens (including phenoxy) is 5. The van der Waals surface area contributed by atoms with E-state index in [1.165, 1.54) is 0 Å². The molecule has 18 heavy (non-hydrogen) atoms. The van der Waals surface area contributed by atoms with Gasteiger partial charge in [0, 0.05) is 33.0 Å². The van der Waals surface area contributed by atoms with Crippen molar-refractivity contribution in [3.63, 3.8) is 0 Å². The van der Waals surface area contributed by atoms with E-state index in [4.69, 9.17) is 23.7 Å². The molecule has 1 aliphatic heterocycles. The Hall–Kier alpha value is -0.240. The normalized spacial score (nSPS) is 39.2. The maximum atomic E-state index is 9.53. The minimum atomic E-state index is -0.645. The van der Waals surface area contributed by atoms with Crippen LogP contribution in [-0.4, -0.2) is 58.0 Å². The van der Waals surface area contributed by atoms with Crippen molar-refractivity contribution in [3.8, 4) is 0 Å². The van der Waals surface area contributed by atoms with Crippen LogP contribution < -0.4 is 0 Å². The average molecular weight is 262 g/mol. The smallest absolute Gasteiger partial charge is 0.155 e. The minimum Gasteiger partial charge on any atom is -0.368 e. The van der Waals surface area contributed by atoms with Gasteiger partial charge in [0.25, 0.3) is 0 Å². The van der Waals surface area contributed by atoms with E-state index < -0.39 is 6.29 Å². The summed E-state index contributed by atoms with van der Waals surface area (Å²) in [5.74, 6) is 0.510. The van der Waals surface area contributed by atoms with Gasteiger partial charge < -0.3 is 28.8 Å². The van der Waals surface area contributed by atoms with Gasteiger partial charge in [-0.2, -0.15) is 0 Å². The molecule has 106 valence electrons. The Morgan fingerprint density at radius 1 is 1.17 bits per heavy atom. The van der Waals surface area contributed by atoms with Crippen LogP contribution in [0.4, 0.5) is 0 Å². The van der Waals surface area contributed by atoms with E-state index in [1.807, 2.05) is 0 Å². The van der Waals surface area contributed by atoms with E-state index in [0.29, 0.717) is 18.9 Å². The van der Waals surface area contributed by atoms with E-state index in [2.05, 4.69) is 0 Å². The van der Waals surface area contributed by atoms with Gasteiger partial charge in [0.15, 0.2) is 6.29 Å². The van der Waals surface area contributed by atoms with Gasteiger partial charge in [-0.3, -0.25) is 0 Å². The molecule has 0 amide bonds. The summed E-state index contributed by atoms with van der Waals surface area (Å²) in [6.45, 7) is 1.10. The lowest BCUT2D eigenvalue weighted by Crippen LogP contribution is -2.28. The fourth-order valence-electron chi connectivity index (χ4n) is 2.95. The van der Waals surface area contributed by atoms with Crippen molar-refractivity contribution in [2.45, 2.75) is 31.3 Å². The van der Waals surface area contributed by atoms with E-state index >= 15 is 0 Å². The molecule has 1 N–H and O–H groups in total. The molecule has 2 aliphatic rings. The van der Waals surface area contributed by atoms with Gasteiger partial charge in [-0.05, 0) is 5.92 Å². The van der Waals surface area contributed by atoms with Crippen molar-refractivity contribution in [2.24, 2.45) is 11.8 Å². The van der Waals surface area contributed by atoms with Crippen LogP contribution >= 0.6 is 0 Å². The molecule has 1 aliphatic carbocycles. The molecule has 5 unspecified atom stereocenters. The Morgan fingerprint density at radius 2 is 1.94 bits per heavy atom. The second-order valence-corrected chi connectivity index (χ2v) is 4.82. The molecular weight excluding hydrogens is 240 g/mol. The van der Waals surface area contributed by atoms with Crippen LogP contribution in [0.2, 0.25) is 0 Å². The van der Waals surface area contributed by atoms with E-state index in [1.54, 1.807) is 14.2 Å². The number of rotatable bonds is 7. The summed E-state index contributed by atoms with van der Waals surface area (Å²) >= 11 is 0. The zero-order valence-corrected chi connectivity index (χ0v) is 10.9. The van der Waals surface area contributed by atoms with Crippen molar-refractivity contribution >= 4 is 0 Å². The first-order valence-electron chi connectivity index (χ1n) is 6.27. The Balaban J connectivity index is 1.89. The Bertz CT molecular complexity index is 249. The first kappa shape index (κ1) is 14.2. The average Bonchev–Trinajstić information content (AvgIpc) is 2.84. The summed E-state index contributed by atoms with van der Waals surface area (Å²) in [5, 5.41) is 9.53. The van der Waals surface area contributed by atoms with Crippen LogP contribution in [0, 0.1) is 11.8 Å². The standard InChI is InChI=1S/C12H22O6/c1-14-6-16-5-9-8-3-12(13)18-11(8)4-10(9)17-7-15-2/h8-13H,3-7H2,1-2H3. The lowest BCUT2D eigenvalue weighted by atomic mass is 9.93. The van der Waals surface area contributed by atoms with Crippen LogP contribution in [0.5, 0.6) is 0 Å². The molecule has 6 heteroatoms. The first-order chi connectivity index (χ1) is 8.76. The lowest BCUT2D eigenvalue weighted by molar-refractivity contribution is -0.125. The molecule has 1 saturated heterocycles. The van der Waals surface area contributed by atoms with Crippen LogP contribution in [-0.2, 0) is 23.7 Å². The summed E-state index contributed by atoms with van der Waals surface area (Å²) < 4.78 is 26.4. The highest BCUT2D eigenvalue weighted by Crippen LogP contribution is 2.44. The minimum absolute atomic E-state index is 0.0595. The molecular formula is C12H22O6. The van der Waals surface area contributed by atoms with Crippen LogP contribution in [0.3, 0.4) is 0 Å². The second kappa shape index (κ2) is 6.79. The summed E-state index contributed by atoms with van der Waals surface area (Å²) in [5.41, 5.74) is 0. The van der Waals surface area contributed by atoms with Gasteiger partial charge in [0.05, 0.1) is 18.8 Å². The number of aliphatic hydroxyl groups excluding tert-OH is 1. The predicted molar refractivity (Wildman–Crippen MR) is 61.7 cm³/mol. The molecule has 0 aromatic carbocycles. The lowest BCUT2D eigenvalue weighted by Gasteiger charge is -2.23. The molecule has 1 heterocycles. The number of aliphatic hydroxyl groups is 1. The SMILES string of the molecule is COCOCC1C(OCOC)CC2OC(O)CC21. The largest absolute Gasteiger partial charge is 0.368 e. The summed E-state index contributed by atoms with van der Waals surface area (Å²) in [6.07, 6.45) is 0.917. The highest BCUT2D eigenvalue weighted by Gasteiger charge is 2.49. The molecule has 0 aromatic rings. The van der Waals surface area contributed by atoms with Gasteiger partial charge in [0.2, 0.25) is 0 Å². The van der Waals surface area contributed by atoms with E-state index in [9.17, 15) is 5.11 Å². The van der Waals surface area contributed by atoms with Crippen molar-refractivity contribution in [1.29, 1.82) is 0 Å². The van der Waals surface area contributed by atoms with Gasteiger partial charge in [0.1, 0.15) is 13.6 Å². The zero-order chi connectivity index (χ0) is 13.0. The maximum absolute atomic E-state index is 9.53. The third-order valence-electron chi connectivity index (χ3n) is 3.69. The van der Waals surface area contributed by atoms with Crippen molar-refractivity contribution in [2.75, 3.05) is 34.4 Å². The molecule has 0 radical (unpaired) electrons. The fourth-order valence-corrected chi connectivity index (χ4v) is 2.95. The zero-order valence-electron chi connectivity index (χ0n) is 10.9. The Kier molecular flexibility index (Phi) is 5.35. The monoisotopic (exact) mass is 262 g/mol. The molecule has 0 bridgehead atoms. The Morgan fingerprint density at radius 3 is 2.67 bits per heavy atom. The third kappa shape index (κ3) is 3.20. The summed E-state index contributed by atoms with van der Waals surface area (Å²) in [7, 11) is 3.20. The highest BCUT2D eigenvalue weighted by molar-refractivity contribution is 4.96. The topological polar surface area (TPSA) is 66.4 Å². The molecule has 1 saturated carbocycles. The van der Waals surface area contributed by atoms with E-state index in [0.717, 1.165) is 6.42 Å². The molecule has 2 rings (SSSR count). The first-order valence-corrected chi connectivity index (χ1v) is 6.27. The van der Waals surface area contributed by atoms with Crippen LogP contribution in [0.15, 0.2) is 0 Å². The predicted octanol–water partition coefficient (Wildman–Crippen LogP) is 0.339. The maximum Gasteiger partial charge on any atom is 0.155 e. The van der Waals surface area contributed by atoms with Gasteiger partial charge in [-0.15, -0.1) is 0 Å². The summed E-state index contributed by atoms with van der Waals surface area (Å²) in [4.78, 5) is 0. The molecule has 6 nitrogen and oxygen atoms in total. The molecule has 0 aromatic heterocycles. The number of hydrogen-bond donors (Lipinski definition) is 1. The highest BCUT2D eigenvalue weighted by atomic mass is 16.7. The summed E-state index contributed by atoms with van der Waals surface area (Å²) in [6, 6.07) is 0. The van der Waals surface area contributed by atoms with Gasteiger partial charge in [-0.1, -0.05) is 0 Å². The Labute approximate surface area is 107 Å². The van der Waals surface area contributed by atoms with Gasteiger partial charge >= 0.3 is 0 Å². The van der Waals surface area contributed by atoms with E-state index in [-0.39, 0.29) is 31.7 Å². The van der Waals surface area contributed by atoms with Crippen molar-refractivity contribution in [1.82, 2.24) is 0 Å². The number of methoxy groups -OCH3 is 2. The van der Waals surface area contributed by atoms with Crippen LogP contribution in [0.25, 0.3) is 0 Å². The second-order valence-electron chi connectivity index (χ2n) is 4.82.